The SMILES string of the molecule is CC1(C)c2ccccc2-c2c(N(c3ccc4c(c3)C3(c5ccccc5-4)c4ccccc4-c4c3ccc3ccccc43)c3ccc4c(c3)C3(c5ccccc5-4)c4ccccc4-n4c5ccccc5c5cccc3c54)cccc21. The maximum atomic E-state index is 2.62. The van der Waals surface area contributed by atoms with E-state index in [9.17, 15) is 0 Å². The van der Waals surface area contributed by atoms with E-state index in [1.165, 1.54) is 144 Å². The maximum Gasteiger partial charge on any atom is 0.0755 e. The Labute approximate surface area is 447 Å². The summed E-state index contributed by atoms with van der Waals surface area (Å²) in [5, 5.41) is 5.13. The molecule has 77 heavy (non-hydrogen) atoms. The fourth-order valence-corrected chi connectivity index (χ4v) is 16.1. The molecule has 0 saturated carbocycles. The van der Waals surface area contributed by atoms with Gasteiger partial charge in [0.15, 0.2) is 0 Å². The minimum Gasteiger partial charge on any atom is -0.310 e. The van der Waals surface area contributed by atoms with Crippen molar-refractivity contribution in [3.8, 4) is 50.2 Å². The number of aromatic nitrogens is 1. The van der Waals surface area contributed by atoms with Gasteiger partial charge in [-0.05, 0) is 148 Å². The van der Waals surface area contributed by atoms with Crippen molar-refractivity contribution in [1.82, 2.24) is 4.57 Å². The van der Waals surface area contributed by atoms with Gasteiger partial charge in [-0.1, -0.05) is 226 Å². The number of hydrogen-bond donors (Lipinski definition) is 0. The molecule has 2 spiro atoms. The van der Waals surface area contributed by atoms with E-state index in [0.717, 1.165) is 11.4 Å². The van der Waals surface area contributed by atoms with Gasteiger partial charge in [-0.15, -0.1) is 0 Å². The molecule has 2 atom stereocenters. The Morgan fingerprint density at radius 1 is 0.312 bits per heavy atom. The van der Waals surface area contributed by atoms with Crippen molar-refractivity contribution in [1.29, 1.82) is 0 Å². The van der Waals surface area contributed by atoms with Crippen LogP contribution in [0.3, 0.4) is 0 Å². The van der Waals surface area contributed by atoms with E-state index in [2.05, 4.69) is 278 Å². The fraction of sp³-hybridized carbons (Fsp3) is 0.0667. The Balaban J connectivity index is 0.953. The predicted octanol–water partition coefficient (Wildman–Crippen LogP) is 18.7. The number of anilines is 3. The molecule has 1 aliphatic heterocycles. The summed E-state index contributed by atoms with van der Waals surface area (Å²) in [7, 11) is 0. The molecule has 0 saturated heterocycles. The molecule has 0 N–H and O–H groups in total. The average molecular weight is 977 g/mol. The largest absolute Gasteiger partial charge is 0.310 e. The van der Waals surface area contributed by atoms with Crippen LogP contribution < -0.4 is 4.90 Å². The fourth-order valence-electron chi connectivity index (χ4n) is 16.1. The smallest absolute Gasteiger partial charge is 0.0755 e. The molecule has 2 heteroatoms. The third-order valence-corrected chi connectivity index (χ3v) is 19.0. The summed E-state index contributed by atoms with van der Waals surface area (Å²) in [5.74, 6) is 0. The molecule has 2 heterocycles. The van der Waals surface area contributed by atoms with E-state index >= 15 is 0 Å². The summed E-state index contributed by atoms with van der Waals surface area (Å²) in [6.45, 7) is 4.80. The first-order valence-electron chi connectivity index (χ1n) is 27.3. The van der Waals surface area contributed by atoms with Gasteiger partial charge in [0.05, 0.1) is 33.2 Å². The topological polar surface area (TPSA) is 8.17 Å². The molecule has 1 aromatic heterocycles. The summed E-state index contributed by atoms with van der Waals surface area (Å²) in [4.78, 5) is 2.62. The minimum absolute atomic E-state index is 0.191. The second kappa shape index (κ2) is 14.5. The molecule has 2 unspecified atom stereocenters. The zero-order valence-electron chi connectivity index (χ0n) is 42.6. The lowest BCUT2D eigenvalue weighted by Crippen LogP contribution is -2.33. The normalized spacial score (nSPS) is 17.7. The molecule has 12 aromatic carbocycles. The van der Waals surface area contributed by atoms with E-state index in [0.29, 0.717) is 0 Å². The molecule has 0 amide bonds. The monoisotopic (exact) mass is 976 g/mol. The summed E-state index contributed by atoms with van der Waals surface area (Å²) >= 11 is 0. The lowest BCUT2D eigenvalue weighted by atomic mass is 9.65. The highest BCUT2D eigenvalue weighted by Gasteiger charge is 2.54. The van der Waals surface area contributed by atoms with Crippen LogP contribution in [0.15, 0.2) is 255 Å². The van der Waals surface area contributed by atoms with Gasteiger partial charge in [0.1, 0.15) is 0 Å². The van der Waals surface area contributed by atoms with Gasteiger partial charge in [0, 0.05) is 33.1 Å². The van der Waals surface area contributed by atoms with Crippen molar-refractivity contribution in [3.63, 3.8) is 0 Å². The molecular weight excluding hydrogens is 929 g/mol. The number of benzene rings is 12. The van der Waals surface area contributed by atoms with Gasteiger partial charge in [0.2, 0.25) is 0 Å². The van der Waals surface area contributed by atoms with E-state index in [4.69, 9.17) is 0 Å². The summed E-state index contributed by atoms with van der Waals surface area (Å²) in [6, 6.07) is 97.7. The summed E-state index contributed by atoms with van der Waals surface area (Å²) in [6.07, 6.45) is 0. The molecule has 18 rings (SSSR count). The number of nitrogens with zero attached hydrogens (tertiary/aromatic N) is 2. The lowest BCUT2D eigenvalue weighted by molar-refractivity contribution is 0.660. The van der Waals surface area contributed by atoms with Crippen LogP contribution in [0.2, 0.25) is 0 Å². The van der Waals surface area contributed by atoms with Crippen LogP contribution in [0.25, 0.3) is 82.8 Å². The summed E-state index contributed by atoms with van der Waals surface area (Å²) in [5.41, 5.74) is 29.6. The number of rotatable bonds is 3. The van der Waals surface area contributed by atoms with Gasteiger partial charge in [-0.2, -0.15) is 0 Å². The Hall–Kier alpha value is -9.50. The van der Waals surface area contributed by atoms with Crippen LogP contribution in [0.5, 0.6) is 0 Å². The predicted molar refractivity (Wildman–Crippen MR) is 318 cm³/mol. The highest BCUT2D eigenvalue weighted by atomic mass is 15.1. The molecule has 4 aliphatic carbocycles. The average Bonchev–Trinajstić information content (AvgIpc) is 3.50. The van der Waals surface area contributed by atoms with Crippen LogP contribution in [0.4, 0.5) is 17.1 Å². The van der Waals surface area contributed by atoms with Crippen LogP contribution >= 0.6 is 0 Å². The van der Waals surface area contributed by atoms with Crippen molar-refractivity contribution in [3.05, 3.63) is 310 Å². The van der Waals surface area contributed by atoms with Crippen molar-refractivity contribution in [2.45, 2.75) is 30.1 Å². The molecule has 2 nitrogen and oxygen atoms in total. The third kappa shape index (κ3) is 4.86. The molecular formula is C75H48N2. The van der Waals surface area contributed by atoms with Gasteiger partial charge in [0.25, 0.3) is 0 Å². The zero-order valence-corrected chi connectivity index (χ0v) is 42.6. The Morgan fingerprint density at radius 2 is 0.805 bits per heavy atom. The Kier molecular flexibility index (Phi) is 7.85. The lowest BCUT2D eigenvalue weighted by Gasteiger charge is -2.40. The van der Waals surface area contributed by atoms with Crippen molar-refractivity contribution >= 4 is 49.6 Å². The third-order valence-electron chi connectivity index (χ3n) is 19.0. The van der Waals surface area contributed by atoms with Crippen LogP contribution in [-0.2, 0) is 16.2 Å². The van der Waals surface area contributed by atoms with E-state index in [1.54, 1.807) is 0 Å². The van der Waals surface area contributed by atoms with Gasteiger partial charge in [-0.3, -0.25) is 0 Å². The van der Waals surface area contributed by atoms with Gasteiger partial charge < -0.3 is 9.47 Å². The standard InChI is InChI=1S/C75H48N2/c1-73(2)57-27-10-7-24-55(57)71-62(73)32-18-36-69(71)76(46-38-40-51-49-21-5-11-28-58(49)74(65(51)43-46)60-30-13-8-25-56(60)70-48-20-4-3-19-45(48)37-42-63(70)74)47-39-41-52-50-22-6-12-29-59(50)75(66(52)44-47)61-31-14-16-35-68(61)77-67-34-15-9-23-53(67)54-26-17-33-64(75)72(54)77/h3-44H,1-2H3. The first-order chi connectivity index (χ1) is 38.0. The zero-order chi connectivity index (χ0) is 50.5. The van der Waals surface area contributed by atoms with Gasteiger partial charge >= 0.3 is 0 Å². The number of para-hydroxylation sites is 3. The van der Waals surface area contributed by atoms with Crippen LogP contribution in [-0.4, -0.2) is 4.57 Å². The minimum atomic E-state index is -0.606. The molecule has 0 bridgehead atoms. The summed E-state index contributed by atoms with van der Waals surface area (Å²) < 4.78 is 2.55. The van der Waals surface area contributed by atoms with Crippen molar-refractivity contribution in [2.24, 2.45) is 0 Å². The Morgan fingerprint density at radius 3 is 1.52 bits per heavy atom. The Bertz CT molecular complexity index is 4810. The second-order valence-corrected chi connectivity index (χ2v) is 22.6. The molecule has 5 aliphatic rings. The highest BCUT2D eigenvalue weighted by molar-refractivity contribution is 6.13. The highest BCUT2D eigenvalue weighted by Crippen LogP contribution is 2.66. The maximum absolute atomic E-state index is 2.62. The quantitative estimate of drug-likeness (QED) is 0.171. The van der Waals surface area contributed by atoms with Crippen LogP contribution in [0.1, 0.15) is 69.5 Å². The molecule has 13 aromatic rings. The number of fused-ring (bicyclic) bond motifs is 27. The second-order valence-electron chi connectivity index (χ2n) is 22.6. The van der Waals surface area contributed by atoms with Crippen molar-refractivity contribution in [2.75, 3.05) is 4.90 Å². The van der Waals surface area contributed by atoms with Crippen LogP contribution in [0, 0.1) is 0 Å². The first kappa shape index (κ1) is 41.8. The van der Waals surface area contributed by atoms with E-state index in [-0.39, 0.29) is 5.41 Å². The molecule has 0 radical (unpaired) electrons. The molecule has 358 valence electrons. The van der Waals surface area contributed by atoms with Crippen molar-refractivity contribution < 1.29 is 0 Å². The molecule has 0 fully saturated rings. The number of hydrogen-bond acceptors (Lipinski definition) is 1. The van der Waals surface area contributed by atoms with E-state index in [1.807, 2.05) is 0 Å². The van der Waals surface area contributed by atoms with Gasteiger partial charge in [-0.25, -0.2) is 0 Å². The van der Waals surface area contributed by atoms with E-state index < -0.39 is 10.8 Å². The first-order valence-corrected chi connectivity index (χ1v) is 27.3.